The molecule has 0 bridgehead atoms. The number of aromatic nitrogens is 2. The number of ether oxygens (including phenoxy) is 1. The van der Waals surface area contributed by atoms with Gasteiger partial charge in [0, 0.05) is 19.6 Å². The highest BCUT2D eigenvalue weighted by molar-refractivity contribution is 5.79. The van der Waals surface area contributed by atoms with Crippen molar-refractivity contribution >= 4 is 11.7 Å². The second-order valence-electron chi connectivity index (χ2n) is 6.39. The smallest absolute Gasteiger partial charge is 0.225 e. The summed E-state index contributed by atoms with van der Waals surface area (Å²) in [5.74, 6) is 1.71. The van der Waals surface area contributed by atoms with Gasteiger partial charge in [-0.1, -0.05) is 12.1 Å². The van der Waals surface area contributed by atoms with E-state index in [9.17, 15) is 4.79 Å². The van der Waals surface area contributed by atoms with Gasteiger partial charge in [-0.05, 0) is 49.6 Å². The van der Waals surface area contributed by atoms with E-state index in [1.807, 2.05) is 43.3 Å². The lowest BCUT2D eigenvalue weighted by atomic mass is 9.97. The van der Waals surface area contributed by atoms with Crippen molar-refractivity contribution in [3.8, 4) is 5.75 Å². The number of piperidine rings is 1. The summed E-state index contributed by atoms with van der Waals surface area (Å²) in [6.45, 7) is 4.03. The van der Waals surface area contributed by atoms with Crippen molar-refractivity contribution in [2.24, 2.45) is 5.92 Å². The summed E-state index contributed by atoms with van der Waals surface area (Å²) >= 11 is 0. The van der Waals surface area contributed by atoms with Crippen LogP contribution in [0.3, 0.4) is 0 Å². The minimum atomic E-state index is -0.0255. The Kier molecular flexibility index (Phi) is 5.48. The summed E-state index contributed by atoms with van der Waals surface area (Å²) in [6.07, 6.45) is 1.88. The van der Waals surface area contributed by atoms with Crippen molar-refractivity contribution in [2.45, 2.75) is 26.3 Å². The van der Waals surface area contributed by atoms with Gasteiger partial charge in [-0.15, -0.1) is 5.10 Å². The van der Waals surface area contributed by atoms with Gasteiger partial charge in [-0.2, -0.15) is 5.10 Å². The molecule has 1 aliphatic heterocycles. The van der Waals surface area contributed by atoms with E-state index in [0.29, 0.717) is 13.1 Å². The van der Waals surface area contributed by atoms with Crippen molar-refractivity contribution in [3.05, 3.63) is 47.7 Å². The number of methoxy groups -OCH3 is 1. The summed E-state index contributed by atoms with van der Waals surface area (Å²) in [5.41, 5.74) is 1.93. The Bertz CT molecular complexity index is 718. The summed E-state index contributed by atoms with van der Waals surface area (Å²) in [6, 6.07) is 11.7. The molecule has 2 heterocycles. The van der Waals surface area contributed by atoms with Crippen LogP contribution in [0, 0.1) is 12.8 Å². The molecule has 132 valence electrons. The van der Waals surface area contributed by atoms with Gasteiger partial charge in [0.25, 0.3) is 0 Å². The van der Waals surface area contributed by atoms with E-state index in [0.717, 1.165) is 42.2 Å². The molecule has 1 aliphatic rings. The third-order valence-corrected chi connectivity index (χ3v) is 4.50. The number of carbonyl (C=O) groups is 1. The van der Waals surface area contributed by atoms with Gasteiger partial charge >= 0.3 is 0 Å². The molecule has 1 aromatic carbocycles. The molecule has 0 saturated carbocycles. The molecule has 0 aliphatic carbocycles. The van der Waals surface area contributed by atoms with Crippen LogP contribution < -0.4 is 15.0 Å². The number of benzene rings is 1. The molecule has 3 rings (SSSR count). The van der Waals surface area contributed by atoms with Crippen molar-refractivity contribution in [1.29, 1.82) is 0 Å². The predicted molar refractivity (Wildman–Crippen MR) is 96.5 cm³/mol. The van der Waals surface area contributed by atoms with E-state index in [1.54, 1.807) is 7.11 Å². The maximum atomic E-state index is 12.6. The lowest BCUT2D eigenvalue weighted by Gasteiger charge is -2.32. The first-order valence-corrected chi connectivity index (χ1v) is 8.61. The molecule has 0 spiro atoms. The van der Waals surface area contributed by atoms with Crippen LogP contribution >= 0.6 is 0 Å². The Labute approximate surface area is 148 Å². The van der Waals surface area contributed by atoms with Gasteiger partial charge in [0.05, 0.1) is 18.7 Å². The lowest BCUT2D eigenvalue weighted by Crippen LogP contribution is -2.43. The van der Waals surface area contributed by atoms with Gasteiger partial charge in [0.1, 0.15) is 5.75 Å². The zero-order valence-corrected chi connectivity index (χ0v) is 14.7. The second-order valence-corrected chi connectivity index (χ2v) is 6.39. The molecular weight excluding hydrogens is 316 g/mol. The molecule has 1 amide bonds. The molecule has 6 heteroatoms. The summed E-state index contributed by atoms with van der Waals surface area (Å²) < 4.78 is 5.22. The molecule has 2 aromatic rings. The Morgan fingerprint density at radius 2 is 2.20 bits per heavy atom. The third kappa shape index (κ3) is 4.47. The normalized spacial score (nSPS) is 17.2. The highest BCUT2D eigenvalue weighted by Gasteiger charge is 2.26. The van der Waals surface area contributed by atoms with Gasteiger partial charge < -0.3 is 15.0 Å². The Hall–Kier alpha value is -2.63. The van der Waals surface area contributed by atoms with Crippen LogP contribution in [0.4, 0.5) is 5.82 Å². The van der Waals surface area contributed by atoms with Gasteiger partial charge in [-0.3, -0.25) is 4.79 Å². The van der Waals surface area contributed by atoms with Gasteiger partial charge in [0.15, 0.2) is 5.82 Å². The number of nitrogens with one attached hydrogen (secondary N) is 1. The largest absolute Gasteiger partial charge is 0.497 e. The zero-order chi connectivity index (χ0) is 17.6. The molecular formula is C19H24N4O2. The SMILES string of the molecule is COc1cccc(CNC(=O)C2CCCN(c3ccc(C)nn3)C2)c1. The number of carbonyl (C=O) groups excluding carboxylic acids is 1. The predicted octanol–water partition coefficient (Wildman–Crippen LogP) is 2.33. The number of anilines is 1. The van der Waals surface area contributed by atoms with E-state index in [4.69, 9.17) is 4.74 Å². The first-order chi connectivity index (χ1) is 12.2. The Morgan fingerprint density at radius 3 is 2.96 bits per heavy atom. The number of hydrogen-bond acceptors (Lipinski definition) is 5. The maximum absolute atomic E-state index is 12.6. The Morgan fingerprint density at radius 1 is 1.32 bits per heavy atom. The monoisotopic (exact) mass is 340 g/mol. The van der Waals surface area contributed by atoms with E-state index < -0.39 is 0 Å². The first kappa shape index (κ1) is 17.2. The van der Waals surface area contributed by atoms with Crippen LogP contribution in [0.25, 0.3) is 0 Å². The number of amides is 1. The molecule has 1 aromatic heterocycles. The van der Waals surface area contributed by atoms with Gasteiger partial charge in [-0.25, -0.2) is 0 Å². The van der Waals surface area contributed by atoms with Crippen molar-refractivity contribution in [2.75, 3.05) is 25.1 Å². The van der Waals surface area contributed by atoms with Gasteiger partial charge in [0.2, 0.25) is 5.91 Å². The molecule has 6 nitrogen and oxygen atoms in total. The summed E-state index contributed by atoms with van der Waals surface area (Å²) in [5, 5.41) is 11.4. The van der Waals surface area contributed by atoms with Crippen LogP contribution in [0.5, 0.6) is 5.75 Å². The standard InChI is InChI=1S/C19H24N4O2/c1-14-8-9-18(22-21-14)23-10-4-6-16(13-23)19(24)20-12-15-5-3-7-17(11-15)25-2/h3,5,7-9,11,16H,4,6,10,12-13H2,1-2H3,(H,20,24). The fourth-order valence-electron chi connectivity index (χ4n) is 3.08. The minimum absolute atomic E-state index is 0.0255. The quantitative estimate of drug-likeness (QED) is 0.905. The average Bonchev–Trinajstić information content (AvgIpc) is 2.67. The number of rotatable bonds is 5. The van der Waals surface area contributed by atoms with E-state index in [1.165, 1.54) is 0 Å². The van der Waals surface area contributed by atoms with Crippen LogP contribution in [0.2, 0.25) is 0 Å². The third-order valence-electron chi connectivity index (χ3n) is 4.50. The average molecular weight is 340 g/mol. The lowest BCUT2D eigenvalue weighted by molar-refractivity contribution is -0.125. The molecule has 1 saturated heterocycles. The van der Waals surface area contributed by atoms with E-state index in [2.05, 4.69) is 20.4 Å². The van der Waals surface area contributed by atoms with E-state index >= 15 is 0 Å². The van der Waals surface area contributed by atoms with Crippen molar-refractivity contribution in [3.63, 3.8) is 0 Å². The maximum Gasteiger partial charge on any atom is 0.225 e. The molecule has 1 atom stereocenters. The fourth-order valence-corrected chi connectivity index (χ4v) is 3.08. The Balaban J connectivity index is 1.57. The molecule has 25 heavy (non-hydrogen) atoms. The van der Waals surface area contributed by atoms with Crippen molar-refractivity contribution in [1.82, 2.24) is 15.5 Å². The summed E-state index contributed by atoms with van der Waals surface area (Å²) in [7, 11) is 1.64. The first-order valence-electron chi connectivity index (χ1n) is 8.61. The second kappa shape index (κ2) is 7.96. The molecule has 1 N–H and O–H groups in total. The topological polar surface area (TPSA) is 67.3 Å². The number of nitrogens with zero attached hydrogens (tertiary/aromatic N) is 3. The zero-order valence-electron chi connectivity index (χ0n) is 14.7. The highest BCUT2D eigenvalue weighted by Crippen LogP contribution is 2.21. The van der Waals surface area contributed by atoms with Crippen molar-refractivity contribution < 1.29 is 9.53 Å². The minimum Gasteiger partial charge on any atom is -0.497 e. The van der Waals surface area contributed by atoms with Crippen LogP contribution in [-0.2, 0) is 11.3 Å². The fraction of sp³-hybridized carbons (Fsp3) is 0.421. The van der Waals surface area contributed by atoms with E-state index in [-0.39, 0.29) is 11.8 Å². The van der Waals surface area contributed by atoms with Crippen LogP contribution in [0.15, 0.2) is 36.4 Å². The molecule has 1 unspecified atom stereocenters. The highest BCUT2D eigenvalue weighted by atomic mass is 16.5. The van der Waals surface area contributed by atoms with Crippen LogP contribution in [0.1, 0.15) is 24.1 Å². The number of aryl methyl sites for hydroxylation is 1. The molecule has 1 fully saturated rings. The molecule has 0 radical (unpaired) electrons. The van der Waals surface area contributed by atoms with Crippen LogP contribution in [-0.4, -0.2) is 36.3 Å². The number of hydrogen-bond donors (Lipinski definition) is 1. The summed E-state index contributed by atoms with van der Waals surface area (Å²) in [4.78, 5) is 14.7.